The first kappa shape index (κ1) is 32.4. The van der Waals surface area contributed by atoms with Gasteiger partial charge in [0.1, 0.15) is 35.9 Å². The topological polar surface area (TPSA) is 89.1 Å². The van der Waals surface area contributed by atoms with Crippen LogP contribution < -0.4 is 19.7 Å². The van der Waals surface area contributed by atoms with E-state index in [9.17, 15) is 18.0 Å². The van der Waals surface area contributed by atoms with Crippen LogP contribution >= 0.6 is 0 Å². The van der Waals surface area contributed by atoms with Crippen molar-refractivity contribution in [1.29, 1.82) is 0 Å². The molecular weight excluding hydrogens is 599 g/mol. The van der Waals surface area contributed by atoms with Crippen molar-refractivity contribution >= 4 is 23.3 Å². The van der Waals surface area contributed by atoms with E-state index < -0.39 is 23.4 Å². The zero-order valence-corrected chi connectivity index (χ0v) is 25.9. The van der Waals surface area contributed by atoms with Crippen molar-refractivity contribution in [2.75, 3.05) is 36.4 Å². The molecule has 12 heteroatoms. The molecule has 1 aliphatic heterocycles. The van der Waals surface area contributed by atoms with Gasteiger partial charge in [0.25, 0.3) is 0 Å². The van der Waals surface area contributed by atoms with E-state index >= 15 is 0 Å². The second-order valence-electron chi connectivity index (χ2n) is 11.7. The minimum absolute atomic E-state index is 0.104. The number of hydrogen-bond donors (Lipinski definition) is 1. The van der Waals surface area contributed by atoms with Crippen LogP contribution in [0.15, 0.2) is 85.1 Å². The van der Waals surface area contributed by atoms with Crippen LogP contribution in [0.1, 0.15) is 37.5 Å². The number of alkyl halides is 3. The molecule has 0 radical (unpaired) electrons. The Labute approximate surface area is 265 Å². The van der Waals surface area contributed by atoms with Crippen LogP contribution in [0.25, 0.3) is 0 Å². The minimum atomic E-state index is -4.68. The van der Waals surface area contributed by atoms with Gasteiger partial charge in [-0.3, -0.25) is 0 Å². The first-order valence-corrected chi connectivity index (χ1v) is 14.9. The summed E-state index contributed by atoms with van der Waals surface area (Å²) < 4.78 is 60.3. The zero-order valence-electron chi connectivity index (χ0n) is 25.9. The fourth-order valence-corrected chi connectivity index (χ4v) is 4.74. The van der Waals surface area contributed by atoms with Crippen LogP contribution in [0.3, 0.4) is 0 Å². The summed E-state index contributed by atoms with van der Waals surface area (Å²) in [6.45, 7) is 6.52. The molecule has 1 saturated heterocycles. The number of ether oxygens (including phenoxy) is 3. The average Bonchev–Trinajstić information content (AvgIpc) is 3.03. The smallest absolute Gasteiger partial charge is 0.420 e. The molecule has 2 aromatic heterocycles. The quantitative estimate of drug-likeness (QED) is 0.203. The van der Waals surface area contributed by atoms with Gasteiger partial charge in [0.2, 0.25) is 11.8 Å². The van der Waals surface area contributed by atoms with E-state index in [1.54, 1.807) is 32.9 Å². The van der Waals surface area contributed by atoms with Crippen molar-refractivity contribution in [2.24, 2.45) is 0 Å². The Kier molecular flexibility index (Phi) is 9.84. The van der Waals surface area contributed by atoms with Crippen LogP contribution in [0, 0.1) is 0 Å². The Morgan fingerprint density at radius 2 is 1.46 bits per heavy atom. The van der Waals surface area contributed by atoms with Crippen molar-refractivity contribution in [3.8, 4) is 11.8 Å². The summed E-state index contributed by atoms with van der Waals surface area (Å²) in [6, 6.07) is 23.3. The second-order valence-corrected chi connectivity index (χ2v) is 11.7. The van der Waals surface area contributed by atoms with Crippen molar-refractivity contribution in [1.82, 2.24) is 14.9 Å². The lowest BCUT2D eigenvalue weighted by Crippen LogP contribution is -2.50. The summed E-state index contributed by atoms with van der Waals surface area (Å²) in [5, 5.41) is 3.00. The Morgan fingerprint density at radius 1 is 0.848 bits per heavy atom. The highest BCUT2D eigenvalue weighted by Crippen LogP contribution is 2.38. The van der Waals surface area contributed by atoms with E-state index in [4.69, 9.17) is 14.2 Å². The number of benzene rings is 2. The molecule has 0 bridgehead atoms. The molecule has 242 valence electrons. The van der Waals surface area contributed by atoms with Gasteiger partial charge >= 0.3 is 12.3 Å². The molecule has 0 atom stereocenters. The van der Waals surface area contributed by atoms with E-state index in [-0.39, 0.29) is 56.8 Å². The second kappa shape index (κ2) is 14.0. The summed E-state index contributed by atoms with van der Waals surface area (Å²) in [7, 11) is 0. The molecule has 0 saturated carbocycles. The fourth-order valence-electron chi connectivity index (χ4n) is 4.74. The monoisotopic (exact) mass is 635 g/mol. The minimum Gasteiger partial charge on any atom is -0.473 e. The number of piperazine rings is 1. The van der Waals surface area contributed by atoms with Gasteiger partial charge in [-0.15, -0.1) is 0 Å². The molecular formula is C34H36F3N5O4. The predicted molar refractivity (Wildman–Crippen MR) is 168 cm³/mol. The van der Waals surface area contributed by atoms with Gasteiger partial charge in [-0.05, 0) is 44.0 Å². The lowest BCUT2D eigenvalue weighted by molar-refractivity contribution is -0.137. The Bertz CT molecular complexity index is 1610. The van der Waals surface area contributed by atoms with Crippen LogP contribution in [0.2, 0.25) is 0 Å². The molecule has 1 amide bonds. The van der Waals surface area contributed by atoms with Crippen molar-refractivity contribution in [2.45, 2.75) is 45.8 Å². The Balaban J connectivity index is 1.35. The number of aromatic nitrogens is 2. The molecule has 0 spiro atoms. The van der Waals surface area contributed by atoms with Crippen LogP contribution in [-0.2, 0) is 24.1 Å². The van der Waals surface area contributed by atoms with Gasteiger partial charge in [-0.2, -0.15) is 18.2 Å². The van der Waals surface area contributed by atoms with Crippen molar-refractivity contribution < 1.29 is 32.2 Å². The molecule has 4 aromatic rings. The number of hydrogen-bond acceptors (Lipinski definition) is 8. The standard InChI is InChI=1S/C34H36F3N5O4/c1-33(2,3)46-32(43)42-18-16-41(17-19-42)30-27(34(35,36)37)20-26(21-38-30)39-28-14-15-29(44-22-24-10-6-4-7-11-24)40-31(28)45-23-25-12-8-5-9-13-25/h4-15,20-21,39H,16-19,22-23H2,1-3H3. The fraction of sp³-hybridized carbons (Fsp3) is 0.324. The third kappa shape index (κ3) is 8.80. The summed E-state index contributed by atoms with van der Waals surface area (Å²) in [5.74, 6) is 0.253. The number of nitrogens with one attached hydrogen (secondary N) is 1. The highest BCUT2D eigenvalue weighted by molar-refractivity contribution is 5.69. The van der Waals surface area contributed by atoms with E-state index in [1.807, 2.05) is 60.7 Å². The van der Waals surface area contributed by atoms with Crippen LogP contribution in [-0.4, -0.2) is 52.7 Å². The van der Waals surface area contributed by atoms with Gasteiger partial charge in [0.05, 0.1) is 11.9 Å². The molecule has 9 nitrogen and oxygen atoms in total. The lowest BCUT2D eigenvalue weighted by atomic mass is 10.2. The largest absolute Gasteiger partial charge is 0.473 e. The van der Waals surface area contributed by atoms with E-state index in [0.29, 0.717) is 11.6 Å². The number of nitrogens with zero attached hydrogens (tertiary/aromatic N) is 4. The third-order valence-corrected chi connectivity index (χ3v) is 6.96. The first-order chi connectivity index (χ1) is 21.9. The van der Waals surface area contributed by atoms with E-state index in [0.717, 1.165) is 17.2 Å². The number of pyridine rings is 2. The summed E-state index contributed by atoms with van der Waals surface area (Å²) in [5.41, 5.74) is 0.730. The first-order valence-electron chi connectivity index (χ1n) is 14.9. The van der Waals surface area contributed by atoms with Crippen LogP contribution in [0.5, 0.6) is 11.8 Å². The maximum atomic E-state index is 14.3. The zero-order chi connectivity index (χ0) is 32.7. The molecule has 0 aliphatic carbocycles. The van der Waals surface area contributed by atoms with Gasteiger partial charge in [0.15, 0.2) is 0 Å². The number of anilines is 3. The highest BCUT2D eigenvalue weighted by atomic mass is 19.4. The van der Waals surface area contributed by atoms with Gasteiger partial charge in [0, 0.05) is 32.2 Å². The van der Waals surface area contributed by atoms with Crippen LogP contribution in [0.4, 0.5) is 35.2 Å². The van der Waals surface area contributed by atoms with Gasteiger partial charge in [-0.25, -0.2) is 9.78 Å². The molecule has 2 aromatic carbocycles. The molecule has 3 heterocycles. The number of rotatable bonds is 9. The van der Waals surface area contributed by atoms with E-state index in [2.05, 4.69) is 15.3 Å². The summed E-state index contributed by atoms with van der Waals surface area (Å²) in [4.78, 5) is 24.2. The number of halogens is 3. The summed E-state index contributed by atoms with van der Waals surface area (Å²) in [6.07, 6.45) is -3.83. The lowest BCUT2D eigenvalue weighted by Gasteiger charge is -2.37. The normalized spacial score (nSPS) is 13.7. The average molecular weight is 636 g/mol. The Hall–Kier alpha value is -5.00. The van der Waals surface area contributed by atoms with Gasteiger partial charge < -0.3 is 29.3 Å². The molecule has 5 rings (SSSR count). The highest BCUT2D eigenvalue weighted by Gasteiger charge is 2.37. The molecule has 0 unspecified atom stereocenters. The maximum Gasteiger partial charge on any atom is 0.420 e. The predicted octanol–water partition coefficient (Wildman–Crippen LogP) is 7.45. The third-order valence-electron chi connectivity index (χ3n) is 6.96. The number of amides is 1. The number of carbonyl (C=O) groups excluding carboxylic acids is 1. The number of carbonyl (C=O) groups is 1. The van der Waals surface area contributed by atoms with Crippen molar-refractivity contribution in [3.05, 3.63) is 102 Å². The Morgan fingerprint density at radius 3 is 2.04 bits per heavy atom. The van der Waals surface area contributed by atoms with E-state index in [1.165, 1.54) is 16.0 Å². The summed E-state index contributed by atoms with van der Waals surface area (Å²) >= 11 is 0. The molecule has 1 fully saturated rings. The van der Waals surface area contributed by atoms with Gasteiger partial charge in [-0.1, -0.05) is 60.7 Å². The molecule has 1 N–H and O–H groups in total. The molecule has 1 aliphatic rings. The molecule has 46 heavy (non-hydrogen) atoms. The maximum absolute atomic E-state index is 14.3. The SMILES string of the molecule is CC(C)(C)OC(=O)N1CCN(c2ncc(Nc3ccc(OCc4ccccc4)nc3OCc3ccccc3)cc2C(F)(F)F)CC1. The van der Waals surface area contributed by atoms with Crippen molar-refractivity contribution in [3.63, 3.8) is 0 Å².